The highest BCUT2D eigenvalue weighted by molar-refractivity contribution is 5.77. The number of carbonyl (C=O) groups is 1. The first-order valence-electron chi connectivity index (χ1n) is 9.53. The molecule has 0 saturated carbocycles. The molecule has 0 aromatic heterocycles. The van der Waals surface area contributed by atoms with E-state index in [2.05, 4.69) is 43.2 Å². The fourth-order valence-electron chi connectivity index (χ4n) is 2.96. The highest BCUT2D eigenvalue weighted by Crippen LogP contribution is 2.19. The van der Waals surface area contributed by atoms with E-state index in [0.717, 1.165) is 17.9 Å². The van der Waals surface area contributed by atoms with Crippen LogP contribution in [-0.4, -0.2) is 42.6 Å². The van der Waals surface area contributed by atoms with Crippen molar-refractivity contribution in [2.75, 3.05) is 25.0 Å². The number of ether oxygens (including phenoxy) is 1. The van der Waals surface area contributed by atoms with Gasteiger partial charge >= 0.3 is 0 Å². The SMILES string of the molecule is CC(C)N(CCNC(=O)COc1ccc(Nc2ccccc2)cc1)C(C)C. The lowest BCUT2D eigenvalue weighted by molar-refractivity contribution is -0.123. The number of benzene rings is 2. The van der Waals surface area contributed by atoms with Gasteiger partial charge in [0.2, 0.25) is 0 Å². The molecular weight excluding hydrogens is 338 g/mol. The molecule has 0 unspecified atom stereocenters. The first kappa shape index (κ1) is 20.8. The number of rotatable bonds is 10. The van der Waals surface area contributed by atoms with Crippen molar-refractivity contribution in [3.05, 3.63) is 54.6 Å². The smallest absolute Gasteiger partial charge is 0.257 e. The average molecular weight is 370 g/mol. The van der Waals surface area contributed by atoms with Crippen LogP contribution in [0, 0.1) is 0 Å². The van der Waals surface area contributed by atoms with Crippen molar-refractivity contribution in [1.82, 2.24) is 10.2 Å². The molecule has 0 spiro atoms. The van der Waals surface area contributed by atoms with Crippen LogP contribution in [0.15, 0.2) is 54.6 Å². The van der Waals surface area contributed by atoms with Crippen molar-refractivity contribution in [2.45, 2.75) is 39.8 Å². The lowest BCUT2D eigenvalue weighted by atomic mass is 10.2. The van der Waals surface area contributed by atoms with Crippen molar-refractivity contribution < 1.29 is 9.53 Å². The Labute approximate surface area is 162 Å². The van der Waals surface area contributed by atoms with Crippen LogP contribution in [0.3, 0.4) is 0 Å². The molecule has 5 heteroatoms. The van der Waals surface area contributed by atoms with Gasteiger partial charge in [-0.05, 0) is 64.1 Å². The second-order valence-corrected chi connectivity index (χ2v) is 7.08. The zero-order chi connectivity index (χ0) is 19.6. The number of hydrogen-bond donors (Lipinski definition) is 2. The fourth-order valence-corrected chi connectivity index (χ4v) is 2.96. The Kier molecular flexibility index (Phi) is 8.14. The Hall–Kier alpha value is -2.53. The normalized spacial score (nSPS) is 11.1. The fraction of sp³-hybridized carbons (Fsp3) is 0.409. The molecule has 27 heavy (non-hydrogen) atoms. The summed E-state index contributed by atoms with van der Waals surface area (Å²) in [6.45, 7) is 10.2. The molecule has 0 bridgehead atoms. The summed E-state index contributed by atoms with van der Waals surface area (Å²) in [7, 11) is 0. The van der Waals surface area contributed by atoms with Gasteiger partial charge in [0.15, 0.2) is 6.61 Å². The van der Waals surface area contributed by atoms with Gasteiger partial charge in [0.05, 0.1) is 0 Å². The highest BCUT2D eigenvalue weighted by Gasteiger charge is 2.13. The van der Waals surface area contributed by atoms with E-state index < -0.39 is 0 Å². The lowest BCUT2D eigenvalue weighted by Gasteiger charge is -2.30. The number of carbonyl (C=O) groups excluding carboxylic acids is 1. The molecular formula is C22H31N3O2. The van der Waals surface area contributed by atoms with Gasteiger partial charge in [-0.1, -0.05) is 18.2 Å². The number of hydrogen-bond acceptors (Lipinski definition) is 4. The third-order valence-corrected chi connectivity index (χ3v) is 4.31. The molecule has 0 atom stereocenters. The van der Waals surface area contributed by atoms with E-state index in [4.69, 9.17) is 4.74 Å². The second-order valence-electron chi connectivity index (χ2n) is 7.08. The number of anilines is 2. The Morgan fingerprint density at radius 2 is 1.52 bits per heavy atom. The van der Waals surface area contributed by atoms with Crippen molar-refractivity contribution in [2.24, 2.45) is 0 Å². The molecule has 0 aliphatic rings. The molecule has 2 rings (SSSR count). The molecule has 2 aromatic rings. The van der Waals surface area contributed by atoms with Gasteiger partial charge in [0, 0.05) is 36.5 Å². The summed E-state index contributed by atoms with van der Waals surface area (Å²) in [6, 6.07) is 18.5. The molecule has 2 aromatic carbocycles. The van der Waals surface area contributed by atoms with Gasteiger partial charge in [-0.2, -0.15) is 0 Å². The van der Waals surface area contributed by atoms with E-state index in [9.17, 15) is 4.79 Å². The number of amides is 1. The zero-order valence-electron chi connectivity index (χ0n) is 16.7. The van der Waals surface area contributed by atoms with E-state index in [-0.39, 0.29) is 12.5 Å². The summed E-state index contributed by atoms with van der Waals surface area (Å²) in [4.78, 5) is 14.3. The minimum Gasteiger partial charge on any atom is -0.484 e. The molecule has 0 aliphatic heterocycles. The van der Waals surface area contributed by atoms with Gasteiger partial charge in [0.1, 0.15) is 5.75 Å². The van der Waals surface area contributed by atoms with Crippen LogP contribution >= 0.6 is 0 Å². The van der Waals surface area contributed by atoms with Crippen molar-refractivity contribution in [3.8, 4) is 5.75 Å². The number of para-hydroxylation sites is 1. The monoisotopic (exact) mass is 369 g/mol. The molecule has 0 heterocycles. The van der Waals surface area contributed by atoms with Crippen LogP contribution in [0.25, 0.3) is 0 Å². The summed E-state index contributed by atoms with van der Waals surface area (Å²) in [5.74, 6) is 0.573. The van der Waals surface area contributed by atoms with Crippen LogP contribution in [0.5, 0.6) is 5.75 Å². The predicted molar refractivity (Wildman–Crippen MR) is 112 cm³/mol. The maximum Gasteiger partial charge on any atom is 0.257 e. The van der Waals surface area contributed by atoms with Crippen LogP contribution < -0.4 is 15.4 Å². The van der Waals surface area contributed by atoms with Crippen LogP contribution in [0.1, 0.15) is 27.7 Å². The van der Waals surface area contributed by atoms with E-state index in [1.165, 1.54) is 0 Å². The molecule has 0 fully saturated rings. The molecule has 146 valence electrons. The van der Waals surface area contributed by atoms with Gasteiger partial charge in [-0.3, -0.25) is 9.69 Å². The molecule has 0 aliphatic carbocycles. The molecule has 5 nitrogen and oxygen atoms in total. The largest absolute Gasteiger partial charge is 0.484 e. The Bertz CT molecular complexity index is 676. The van der Waals surface area contributed by atoms with Gasteiger partial charge in [-0.25, -0.2) is 0 Å². The third kappa shape index (κ3) is 7.31. The summed E-state index contributed by atoms with van der Waals surface area (Å²) < 4.78 is 5.57. The van der Waals surface area contributed by atoms with E-state index in [1.807, 2.05) is 54.6 Å². The number of nitrogens with zero attached hydrogens (tertiary/aromatic N) is 1. The Morgan fingerprint density at radius 1 is 0.926 bits per heavy atom. The summed E-state index contributed by atoms with van der Waals surface area (Å²) in [5.41, 5.74) is 2.00. The second kappa shape index (κ2) is 10.6. The van der Waals surface area contributed by atoms with Crippen LogP contribution in [0.2, 0.25) is 0 Å². The highest BCUT2D eigenvalue weighted by atomic mass is 16.5. The van der Waals surface area contributed by atoms with Crippen molar-refractivity contribution in [3.63, 3.8) is 0 Å². The van der Waals surface area contributed by atoms with Crippen molar-refractivity contribution >= 4 is 17.3 Å². The van der Waals surface area contributed by atoms with E-state index in [0.29, 0.717) is 24.4 Å². The topological polar surface area (TPSA) is 53.6 Å². The Balaban J connectivity index is 1.72. The third-order valence-electron chi connectivity index (χ3n) is 4.31. The van der Waals surface area contributed by atoms with Crippen LogP contribution in [0.4, 0.5) is 11.4 Å². The lowest BCUT2D eigenvalue weighted by Crippen LogP contribution is -2.43. The molecule has 2 N–H and O–H groups in total. The molecule has 0 radical (unpaired) electrons. The minimum absolute atomic E-state index is 0.0226. The summed E-state index contributed by atoms with van der Waals surface area (Å²) in [5, 5.41) is 6.23. The zero-order valence-corrected chi connectivity index (χ0v) is 16.7. The Morgan fingerprint density at radius 3 is 2.11 bits per heavy atom. The van der Waals surface area contributed by atoms with Crippen LogP contribution in [-0.2, 0) is 4.79 Å². The quantitative estimate of drug-likeness (QED) is 0.664. The predicted octanol–water partition coefficient (Wildman–Crippen LogP) is 4.04. The summed E-state index contributed by atoms with van der Waals surface area (Å²) >= 11 is 0. The maximum atomic E-state index is 12.0. The van der Waals surface area contributed by atoms with Gasteiger partial charge < -0.3 is 15.4 Å². The van der Waals surface area contributed by atoms with E-state index >= 15 is 0 Å². The first-order chi connectivity index (χ1) is 13.0. The number of nitrogens with one attached hydrogen (secondary N) is 2. The maximum absolute atomic E-state index is 12.0. The molecule has 1 amide bonds. The minimum atomic E-state index is -0.103. The van der Waals surface area contributed by atoms with E-state index in [1.54, 1.807) is 0 Å². The average Bonchev–Trinajstić information content (AvgIpc) is 2.65. The first-order valence-corrected chi connectivity index (χ1v) is 9.53. The van der Waals surface area contributed by atoms with Crippen molar-refractivity contribution in [1.29, 1.82) is 0 Å². The van der Waals surface area contributed by atoms with Gasteiger partial charge in [-0.15, -0.1) is 0 Å². The summed E-state index contributed by atoms with van der Waals surface area (Å²) in [6.07, 6.45) is 0. The molecule has 0 saturated heterocycles. The standard InChI is InChI=1S/C22H31N3O2/c1-17(2)25(18(3)4)15-14-23-22(26)16-27-21-12-10-20(11-13-21)24-19-8-6-5-7-9-19/h5-13,17-18,24H,14-16H2,1-4H3,(H,23,26). The van der Waals surface area contributed by atoms with Gasteiger partial charge in [0.25, 0.3) is 5.91 Å².